The number of rotatable bonds is 6. The molecule has 1 aliphatic heterocycles. The van der Waals surface area contributed by atoms with Crippen molar-refractivity contribution in [3.05, 3.63) is 23.8 Å². The second kappa shape index (κ2) is 5.26. The van der Waals surface area contributed by atoms with Crippen molar-refractivity contribution in [1.82, 2.24) is 5.32 Å². The lowest BCUT2D eigenvalue weighted by molar-refractivity contribution is 0.0970. The molecule has 1 aliphatic carbocycles. The van der Waals surface area contributed by atoms with Crippen LogP contribution < -0.4 is 14.8 Å². The van der Waals surface area contributed by atoms with E-state index in [4.69, 9.17) is 9.47 Å². The fourth-order valence-corrected chi connectivity index (χ4v) is 2.54. The number of para-hydroxylation sites is 1. The maximum absolute atomic E-state index is 9.91. The van der Waals surface area contributed by atoms with Crippen molar-refractivity contribution in [2.45, 2.75) is 50.9 Å². The maximum atomic E-state index is 9.91. The Labute approximate surface area is 120 Å². The summed E-state index contributed by atoms with van der Waals surface area (Å²) in [5.41, 5.74) is 1.01. The van der Waals surface area contributed by atoms with E-state index in [1.165, 1.54) is 18.4 Å². The molecule has 1 atom stereocenters. The molecule has 1 saturated carbocycles. The van der Waals surface area contributed by atoms with Crippen LogP contribution in [0, 0.1) is 0 Å². The van der Waals surface area contributed by atoms with Gasteiger partial charge in [0.15, 0.2) is 11.5 Å². The number of nitrogens with one attached hydrogen (secondary N) is 1. The molecule has 0 amide bonds. The summed E-state index contributed by atoms with van der Waals surface area (Å²) in [5.74, 6) is 1.57. The third kappa shape index (κ3) is 3.25. The van der Waals surface area contributed by atoms with Gasteiger partial charge in [-0.05, 0) is 32.8 Å². The normalized spacial score (nSPS) is 21.1. The minimum atomic E-state index is -0.485. The SMILES string of the molecule is CC1(C)Cc2cccc(OCC(O)CNC3CC3)c2O1. The Balaban J connectivity index is 1.56. The molecule has 1 aromatic rings. The van der Waals surface area contributed by atoms with Crippen LogP contribution in [-0.2, 0) is 6.42 Å². The highest BCUT2D eigenvalue weighted by molar-refractivity contribution is 5.50. The van der Waals surface area contributed by atoms with Gasteiger partial charge in [-0.1, -0.05) is 12.1 Å². The van der Waals surface area contributed by atoms with Gasteiger partial charge in [-0.25, -0.2) is 0 Å². The van der Waals surface area contributed by atoms with Gasteiger partial charge < -0.3 is 19.9 Å². The lowest BCUT2D eigenvalue weighted by Gasteiger charge is -2.19. The van der Waals surface area contributed by atoms with E-state index in [1.807, 2.05) is 12.1 Å². The average molecular weight is 277 g/mol. The van der Waals surface area contributed by atoms with Crippen molar-refractivity contribution < 1.29 is 14.6 Å². The van der Waals surface area contributed by atoms with Crippen LogP contribution in [0.1, 0.15) is 32.3 Å². The highest BCUT2D eigenvalue weighted by atomic mass is 16.5. The molecule has 2 N–H and O–H groups in total. The standard InChI is InChI=1S/C16H23NO3/c1-16(2)8-11-4-3-5-14(15(11)20-16)19-10-13(18)9-17-12-6-7-12/h3-5,12-13,17-18H,6-10H2,1-2H3. The molecule has 1 aromatic carbocycles. The maximum Gasteiger partial charge on any atom is 0.165 e. The zero-order valence-electron chi connectivity index (χ0n) is 12.2. The fraction of sp³-hybridized carbons (Fsp3) is 0.625. The Morgan fingerprint density at radius 1 is 1.45 bits per heavy atom. The van der Waals surface area contributed by atoms with E-state index in [-0.39, 0.29) is 5.60 Å². The minimum Gasteiger partial charge on any atom is -0.487 e. The van der Waals surface area contributed by atoms with E-state index in [2.05, 4.69) is 25.2 Å². The molecule has 4 heteroatoms. The quantitative estimate of drug-likeness (QED) is 0.834. The Morgan fingerprint density at radius 2 is 2.25 bits per heavy atom. The summed E-state index contributed by atoms with van der Waals surface area (Å²) in [6.07, 6.45) is 2.86. The van der Waals surface area contributed by atoms with Gasteiger partial charge in [-0.2, -0.15) is 0 Å². The molecule has 1 unspecified atom stereocenters. The van der Waals surface area contributed by atoms with Gasteiger partial charge in [-0.3, -0.25) is 0 Å². The summed E-state index contributed by atoms with van der Waals surface area (Å²) in [4.78, 5) is 0. The topological polar surface area (TPSA) is 50.7 Å². The van der Waals surface area contributed by atoms with E-state index in [9.17, 15) is 5.11 Å². The fourth-order valence-electron chi connectivity index (χ4n) is 2.54. The molecule has 2 aliphatic rings. The third-order valence-electron chi connectivity index (χ3n) is 3.71. The van der Waals surface area contributed by atoms with Crippen LogP contribution in [0.3, 0.4) is 0 Å². The van der Waals surface area contributed by atoms with Crippen LogP contribution in [0.15, 0.2) is 18.2 Å². The monoisotopic (exact) mass is 277 g/mol. The molecule has 0 spiro atoms. The molecule has 0 bridgehead atoms. The van der Waals surface area contributed by atoms with Gasteiger partial charge >= 0.3 is 0 Å². The first-order valence-electron chi connectivity index (χ1n) is 7.39. The summed E-state index contributed by atoms with van der Waals surface area (Å²) < 4.78 is 11.7. The van der Waals surface area contributed by atoms with E-state index in [0.29, 0.717) is 19.2 Å². The first-order chi connectivity index (χ1) is 9.53. The van der Waals surface area contributed by atoms with Crippen molar-refractivity contribution in [3.63, 3.8) is 0 Å². The number of fused-ring (bicyclic) bond motifs is 1. The molecule has 1 fully saturated rings. The number of aliphatic hydroxyl groups is 1. The molecule has 3 rings (SSSR count). The zero-order valence-corrected chi connectivity index (χ0v) is 12.2. The molecule has 20 heavy (non-hydrogen) atoms. The Hall–Kier alpha value is -1.26. The van der Waals surface area contributed by atoms with Crippen molar-refractivity contribution >= 4 is 0 Å². The van der Waals surface area contributed by atoms with E-state index >= 15 is 0 Å². The second-order valence-electron chi connectivity index (χ2n) is 6.43. The summed E-state index contributed by atoms with van der Waals surface area (Å²) in [6, 6.07) is 6.56. The lowest BCUT2D eigenvalue weighted by Crippen LogP contribution is -2.32. The van der Waals surface area contributed by atoms with Crippen LogP contribution in [0.2, 0.25) is 0 Å². The van der Waals surface area contributed by atoms with E-state index < -0.39 is 6.10 Å². The van der Waals surface area contributed by atoms with Gasteiger partial charge in [0, 0.05) is 24.6 Å². The summed E-state index contributed by atoms with van der Waals surface area (Å²) >= 11 is 0. The van der Waals surface area contributed by atoms with Crippen LogP contribution in [0.4, 0.5) is 0 Å². The minimum absolute atomic E-state index is 0.173. The number of aliphatic hydroxyl groups excluding tert-OH is 1. The van der Waals surface area contributed by atoms with Crippen molar-refractivity contribution in [2.24, 2.45) is 0 Å². The predicted octanol–water partition coefficient (Wildman–Crippen LogP) is 1.89. The molecule has 1 heterocycles. The third-order valence-corrected chi connectivity index (χ3v) is 3.71. The molecule has 4 nitrogen and oxygen atoms in total. The Kier molecular flexibility index (Phi) is 3.61. The average Bonchev–Trinajstić information content (AvgIpc) is 3.15. The van der Waals surface area contributed by atoms with Gasteiger partial charge in [0.25, 0.3) is 0 Å². The zero-order chi connectivity index (χ0) is 14.2. The van der Waals surface area contributed by atoms with Gasteiger partial charge in [0.2, 0.25) is 0 Å². The molecule has 110 valence electrons. The largest absolute Gasteiger partial charge is 0.487 e. The van der Waals surface area contributed by atoms with Crippen molar-refractivity contribution in [2.75, 3.05) is 13.2 Å². The highest BCUT2D eigenvalue weighted by Crippen LogP contribution is 2.41. The summed E-state index contributed by atoms with van der Waals surface area (Å²) in [7, 11) is 0. The Morgan fingerprint density at radius 3 is 3.00 bits per heavy atom. The first kappa shape index (κ1) is 13.7. The smallest absolute Gasteiger partial charge is 0.165 e. The molecule has 0 saturated heterocycles. The lowest BCUT2D eigenvalue weighted by atomic mass is 10.0. The second-order valence-corrected chi connectivity index (χ2v) is 6.43. The first-order valence-corrected chi connectivity index (χ1v) is 7.39. The molecular weight excluding hydrogens is 254 g/mol. The number of ether oxygens (including phenoxy) is 2. The number of hydrogen-bond acceptors (Lipinski definition) is 4. The molecule has 0 radical (unpaired) electrons. The van der Waals surface area contributed by atoms with Crippen LogP contribution in [-0.4, -0.2) is 36.0 Å². The molecular formula is C16H23NO3. The van der Waals surface area contributed by atoms with Gasteiger partial charge in [-0.15, -0.1) is 0 Å². The van der Waals surface area contributed by atoms with Gasteiger partial charge in [0.05, 0.1) is 0 Å². The van der Waals surface area contributed by atoms with Gasteiger partial charge in [0.1, 0.15) is 18.3 Å². The van der Waals surface area contributed by atoms with E-state index in [0.717, 1.165) is 17.9 Å². The van der Waals surface area contributed by atoms with Crippen molar-refractivity contribution in [3.8, 4) is 11.5 Å². The Bertz CT molecular complexity index is 483. The number of benzene rings is 1. The summed E-state index contributed by atoms with van der Waals surface area (Å²) in [6.45, 7) is 5.03. The summed E-state index contributed by atoms with van der Waals surface area (Å²) in [5, 5.41) is 13.2. The number of hydrogen-bond donors (Lipinski definition) is 2. The van der Waals surface area contributed by atoms with Crippen LogP contribution in [0.5, 0.6) is 11.5 Å². The molecule has 0 aromatic heterocycles. The predicted molar refractivity (Wildman–Crippen MR) is 77.4 cm³/mol. The van der Waals surface area contributed by atoms with Crippen molar-refractivity contribution in [1.29, 1.82) is 0 Å². The highest BCUT2D eigenvalue weighted by Gasteiger charge is 2.32. The van der Waals surface area contributed by atoms with Crippen LogP contribution >= 0.6 is 0 Å². The van der Waals surface area contributed by atoms with E-state index in [1.54, 1.807) is 0 Å². The van der Waals surface area contributed by atoms with Crippen LogP contribution in [0.25, 0.3) is 0 Å².